The zero-order valence-corrected chi connectivity index (χ0v) is 9.57. The summed E-state index contributed by atoms with van der Waals surface area (Å²) in [5.41, 5.74) is 7.85. The Labute approximate surface area is 99.4 Å². The van der Waals surface area contributed by atoms with Gasteiger partial charge in [-0.3, -0.25) is 0 Å². The van der Waals surface area contributed by atoms with E-state index >= 15 is 0 Å². The molecule has 1 aromatic carbocycles. The van der Waals surface area contributed by atoms with Gasteiger partial charge in [-0.1, -0.05) is 30.3 Å². The summed E-state index contributed by atoms with van der Waals surface area (Å²) < 4.78 is 4.99. The SMILES string of the molecule is CCOC(=O)c1c(-c2ccccc2)c[nH]c1N. The van der Waals surface area contributed by atoms with E-state index in [9.17, 15) is 4.79 Å². The van der Waals surface area contributed by atoms with Gasteiger partial charge >= 0.3 is 5.97 Å². The number of aromatic nitrogens is 1. The second kappa shape index (κ2) is 4.74. The topological polar surface area (TPSA) is 68.1 Å². The minimum atomic E-state index is -0.398. The van der Waals surface area contributed by atoms with Crippen molar-refractivity contribution in [2.24, 2.45) is 0 Å². The molecule has 1 heterocycles. The lowest BCUT2D eigenvalue weighted by atomic mass is 10.0. The summed E-state index contributed by atoms with van der Waals surface area (Å²) in [5, 5.41) is 0. The standard InChI is InChI=1S/C13H14N2O2/c1-2-17-13(16)11-10(8-15-12(11)14)9-6-4-3-5-7-9/h3-8,15H,2,14H2,1H3. The van der Waals surface area contributed by atoms with E-state index in [1.807, 2.05) is 30.3 Å². The van der Waals surface area contributed by atoms with E-state index < -0.39 is 5.97 Å². The predicted molar refractivity (Wildman–Crippen MR) is 66.6 cm³/mol. The van der Waals surface area contributed by atoms with Crippen molar-refractivity contribution in [3.63, 3.8) is 0 Å². The van der Waals surface area contributed by atoms with Gasteiger partial charge in [-0.25, -0.2) is 4.79 Å². The molecule has 0 aliphatic carbocycles. The summed E-state index contributed by atoms with van der Waals surface area (Å²) in [7, 11) is 0. The minimum Gasteiger partial charge on any atom is -0.462 e. The molecule has 0 fully saturated rings. The number of hydrogen-bond donors (Lipinski definition) is 2. The molecule has 1 aromatic heterocycles. The fourth-order valence-corrected chi connectivity index (χ4v) is 1.71. The maximum atomic E-state index is 11.8. The fraction of sp³-hybridized carbons (Fsp3) is 0.154. The van der Waals surface area contributed by atoms with Crippen molar-refractivity contribution < 1.29 is 9.53 Å². The molecule has 0 bridgehead atoms. The Hall–Kier alpha value is -2.23. The fourth-order valence-electron chi connectivity index (χ4n) is 1.71. The van der Waals surface area contributed by atoms with Crippen LogP contribution in [0.4, 0.5) is 5.82 Å². The number of nitrogen functional groups attached to an aromatic ring is 1. The monoisotopic (exact) mass is 230 g/mol. The molecular formula is C13H14N2O2. The number of nitrogens with one attached hydrogen (secondary N) is 1. The molecule has 3 N–H and O–H groups in total. The third-order valence-corrected chi connectivity index (χ3v) is 2.48. The number of H-pyrrole nitrogens is 1. The number of carbonyl (C=O) groups is 1. The first-order valence-corrected chi connectivity index (χ1v) is 5.43. The maximum Gasteiger partial charge on any atom is 0.342 e. The smallest absolute Gasteiger partial charge is 0.342 e. The summed E-state index contributed by atoms with van der Waals surface area (Å²) in [6.45, 7) is 2.10. The molecule has 0 unspecified atom stereocenters. The number of nitrogens with two attached hydrogens (primary N) is 1. The van der Waals surface area contributed by atoms with E-state index in [4.69, 9.17) is 10.5 Å². The Balaban J connectivity index is 2.46. The van der Waals surface area contributed by atoms with Gasteiger partial charge in [0.05, 0.1) is 6.61 Å². The van der Waals surface area contributed by atoms with Crippen molar-refractivity contribution in [3.05, 3.63) is 42.1 Å². The average molecular weight is 230 g/mol. The lowest BCUT2D eigenvalue weighted by molar-refractivity contribution is 0.0529. The van der Waals surface area contributed by atoms with Gasteiger partial charge in [0, 0.05) is 11.8 Å². The first-order valence-electron chi connectivity index (χ1n) is 5.43. The molecule has 0 saturated carbocycles. The van der Waals surface area contributed by atoms with Crippen molar-refractivity contribution in [3.8, 4) is 11.1 Å². The van der Waals surface area contributed by atoms with Crippen molar-refractivity contribution in [2.45, 2.75) is 6.92 Å². The summed E-state index contributed by atoms with van der Waals surface area (Å²) >= 11 is 0. The van der Waals surface area contributed by atoms with E-state index in [1.54, 1.807) is 13.1 Å². The Morgan fingerprint density at radius 2 is 2.06 bits per heavy atom. The van der Waals surface area contributed by atoms with Gasteiger partial charge in [0.15, 0.2) is 0 Å². The molecule has 0 radical (unpaired) electrons. The number of benzene rings is 1. The molecule has 88 valence electrons. The minimum absolute atomic E-state index is 0.331. The van der Waals surface area contributed by atoms with Gasteiger partial charge in [0.2, 0.25) is 0 Å². The number of ether oxygens (including phenoxy) is 1. The van der Waals surface area contributed by atoms with Crippen LogP contribution in [0.2, 0.25) is 0 Å². The highest BCUT2D eigenvalue weighted by Gasteiger charge is 2.18. The van der Waals surface area contributed by atoms with Crippen LogP contribution in [0.1, 0.15) is 17.3 Å². The highest BCUT2D eigenvalue weighted by atomic mass is 16.5. The van der Waals surface area contributed by atoms with Crippen molar-refractivity contribution in [1.82, 2.24) is 4.98 Å². The number of anilines is 1. The van der Waals surface area contributed by atoms with Crippen molar-refractivity contribution in [1.29, 1.82) is 0 Å². The van der Waals surface area contributed by atoms with E-state index in [0.717, 1.165) is 11.1 Å². The molecule has 0 aliphatic rings. The first kappa shape index (κ1) is 11.3. The summed E-state index contributed by atoms with van der Waals surface area (Å²) in [4.78, 5) is 14.7. The maximum absolute atomic E-state index is 11.8. The van der Waals surface area contributed by atoms with Crippen LogP contribution in [0.3, 0.4) is 0 Å². The Morgan fingerprint density at radius 1 is 1.35 bits per heavy atom. The van der Waals surface area contributed by atoms with E-state index in [0.29, 0.717) is 18.0 Å². The van der Waals surface area contributed by atoms with Crippen molar-refractivity contribution >= 4 is 11.8 Å². The molecular weight excluding hydrogens is 216 g/mol. The van der Waals surface area contributed by atoms with E-state index in [-0.39, 0.29) is 0 Å². The number of aromatic amines is 1. The summed E-state index contributed by atoms with van der Waals surface area (Å²) in [6.07, 6.45) is 1.72. The van der Waals surface area contributed by atoms with Gasteiger partial charge in [-0.2, -0.15) is 0 Å². The zero-order chi connectivity index (χ0) is 12.3. The molecule has 2 aromatic rings. The lowest BCUT2D eigenvalue weighted by Crippen LogP contribution is -2.07. The molecule has 0 aliphatic heterocycles. The molecule has 0 saturated heterocycles. The molecule has 0 amide bonds. The number of hydrogen-bond acceptors (Lipinski definition) is 3. The van der Waals surface area contributed by atoms with Crippen LogP contribution >= 0.6 is 0 Å². The number of carbonyl (C=O) groups excluding carboxylic acids is 1. The van der Waals surface area contributed by atoms with Gasteiger partial charge in [-0.05, 0) is 12.5 Å². The third-order valence-electron chi connectivity index (χ3n) is 2.48. The van der Waals surface area contributed by atoms with Crippen LogP contribution in [0.15, 0.2) is 36.5 Å². The van der Waals surface area contributed by atoms with Crippen LogP contribution in [-0.4, -0.2) is 17.6 Å². The quantitative estimate of drug-likeness (QED) is 0.796. The molecule has 4 heteroatoms. The largest absolute Gasteiger partial charge is 0.462 e. The van der Waals surface area contributed by atoms with E-state index in [2.05, 4.69) is 4.98 Å². The average Bonchev–Trinajstić information content (AvgIpc) is 2.73. The van der Waals surface area contributed by atoms with Crippen LogP contribution in [0.5, 0.6) is 0 Å². The zero-order valence-electron chi connectivity index (χ0n) is 9.57. The molecule has 4 nitrogen and oxygen atoms in total. The van der Waals surface area contributed by atoms with Crippen molar-refractivity contribution in [2.75, 3.05) is 12.3 Å². The van der Waals surface area contributed by atoms with Crippen LogP contribution in [0.25, 0.3) is 11.1 Å². The Morgan fingerprint density at radius 3 is 2.71 bits per heavy atom. The molecule has 0 atom stereocenters. The van der Waals surface area contributed by atoms with Crippen LogP contribution in [0, 0.1) is 0 Å². The number of rotatable bonds is 3. The summed E-state index contributed by atoms with van der Waals surface area (Å²) in [5.74, 6) is -0.0626. The Kier molecular flexibility index (Phi) is 3.14. The van der Waals surface area contributed by atoms with Crippen LogP contribution < -0.4 is 5.73 Å². The lowest BCUT2D eigenvalue weighted by Gasteiger charge is -2.04. The van der Waals surface area contributed by atoms with Gasteiger partial charge in [0.25, 0.3) is 0 Å². The second-order valence-electron chi connectivity index (χ2n) is 3.58. The second-order valence-corrected chi connectivity index (χ2v) is 3.58. The van der Waals surface area contributed by atoms with E-state index in [1.165, 1.54) is 0 Å². The normalized spacial score (nSPS) is 10.2. The van der Waals surface area contributed by atoms with Gasteiger partial charge in [-0.15, -0.1) is 0 Å². The highest BCUT2D eigenvalue weighted by molar-refractivity contribution is 6.02. The highest BCUT2D eigenvalue weighted by Crippen LogP contribution is 2.28. The summed E-state index contributed by atoms with van der Waals surface area (Å²) in [6, 6.07) is 9.58. The molecule has 17 heavy (non-hydrogen) atoms. The third kappa shape index (κ3) is 2.15. The first-order chi connectivity index (χ1) is 8.24. The van der Waals surface area contributed by atoms with Crippen LogP contribution in [-0.2, 0) is 4.74 Å². The predicted octanol–water partition coefficient (Wildman–Crippen LogP) is 2.44. The number of esters is 1. The van der Waals surface area contributed by atoms with Gasteiger partial charge in [0.1, 0.15) is 11.4 Å². The molecule has 2 rings (SSSR count). The van der Waals surface area contributed by atoms with Gasteiger partial charge < -0.3 is 15.5 Å². The molecule has 0 spiro atoms. The Bertz CT molecular complexity index is 517.